The Bertz CT molecular complexity index is 199. The molecule has 0 aliphatic carbocycles. The molecule has 0 aromatic heterocycles. The van der Waals surface area contributed by atoms with E-state index in [9.17, 15) is 0 Å². The number of hydrogen-bond acceptors (Lipinski definition) is 1. The maximum atomic E-state index is 3.32. The van der Waals surface area contributed by atoms with Crippen molar-refractivity contribution in [3.8, 4) is 0 Å². The molecule has 2 heteroatoms. The quantitative estimate of drug-likeness (QED) is 0.493. The molecule has 2 rings (SSSR count). The van der Waals surface area contributed by atoms with Crippen LogP contribution in [-0.4, -0.2) is 9.68 Å². The zero-order chi connectivity index (χ0) is 6.10. The van der Waals surface area contributed by atoms with Gasteiger partial charge in [0.1, 0.15) is 0 Å². The molecular weight excluding hydrogens is 126 g/mol. The van der Waals surface area contributed by atoms with E-state index in [1.54, 1.807) is 0 Å². The summed E-state index contributed by atoms with van der Waals surface area (Å²) < 4.78 is 0. The van der Waals surface area contributed by atoms with E-state index in [2.05, 4.69) is 29.2 Å². The van der Waals surface area contributed by atoms with Crippen molar-refractivity contribution in [1.29, 1.82) is 0 Å². The van der Waals surface area contributed by atoms with Gasteiger partial charge in [-0.25, -0.2) is 0 Å². The Morgan fingerprint density at radius 1 is 1.33 bits per heavy atom. The fraction of sp³-hybridized carbons (Fsp3) is 0.143. The van der Waals surface area contributed by atoms with Crippen molar-refractivity contribution in [1.82, 2.24) is 4.98 Å². The normalized spacial score (nSPS) is 15.6. The number of nitrogens with one attached hydrogen (secondary N) is 1. The summed E-state index contributed by atoms with van der Waals surface area (Å²) in [6.07, 6.45) is 0. The highest BCUT2D eigenvalue weighted by molar-refractivity contribution is 6.52. The van der Waals surface area contributed by atoms with Gasteiger partial charge in [0.2, 0.25) is 0 Å². The first-order valence-corrected chi connectivity index (χ1v) is 4.03. The Kier molecular flexibility index (Phi) is 1.14. The third-order valence-electron chi connectivity index (χ3n) is 1.52. The molecule has 0 spiro atoms. The van der Waals surface area contributed by atoms with Crippen LogP contribution in [0.25, 0.3) is 0 Å². The highest BCUT2D eigenvalue weighted by Gasteiger charge is 2.07. The van der Waals surface area contributed by atoms with Gasteiger partial charge in [0.15, 0.2) is 9.68 Å². The second-order valence-electron chi connectivity index (χ2n) is 2.14. The average molecular weight is 133 g/mol. The van der Waals surface area contributed by atoms with Crippen molar-refractivity contribution < 1.29 is 0 Å². The largest absolute Gasteiger partial charge is 0.331 e. The van der Waals surface area contributed by atoms with Crippen LogP contribution in [0, 0.1) is 0 Å². The predicted octanol–water partition coefficient (Wildman–Crippen LogP) is 0.0343. The molecule has 9 heavy (non-hydrogen) atoms. The van der Waals surface area contributed by atoms with Crippen LogP contribution in [0.3, 0.4) is 0 Å². The van der Waals surface area contributed by atoms with E-state index in [4.69, 9.17) is 0 Å². The van der Waals surface area contributed by atoms with Crippen molar-refractivity contribution in [2.75, 3.05) is 0 Å². The molecule has 0 fully saturated rings. The van der Waals surface area contributed by atoms with E-state index in [1.807, 2.05) is 0 Å². The Hall–Kier alpha value is -0.603. The van der Waals surface area contributed by atoms with Gasteiger partial charge in [-0.05, 0) is 10.8 Å². The summed E-state index contributed by atoms with van der Waals surface area (Å²) in [6, 6.07) is 8.56. The summed E-state index contributed by atoms with van der Waals surface area (Å²) in [4.78, 5) is 3.32. The minimum Gasteiger partial charge on any atom is -0.331 e. The van der Waals surface area contributed by atoms with Crippen LogP contribution in [0.2, 0.25) is 0 Å². The van der Waals surface area contributed by atoms with Crippen LogP contribution in [0.15, 0.2) is 24.3 Å². The number of hydrogen-bond donors (Lipinski definition) is 1. The van der Waals surface area contributed by atoms with E-state index in [0.717, 1.165) is 16.2 Å². The van der Waals surface area contributed by atoms with Gasteiger partial charge in [-0.1, -0.05) is 24.3 Å². The summed E-state index contributed by atoms with van der Waals surface area (Å²) in [5.74, 6) is 0. The zero-order valence-corrected chi connectivity index (χ0v) is 6.02. The minimum atomic E-state index is 0.830. The lowest BCUT2D eigenvalue weighted by molar-refractivity contribution is 0.991. The lowest BCUT2D eigenvalue weighted by Gasteiger charge is -1.91. The van der Waals surface area contributed by atoms with Crippen molar-refractivity contribution in [3.63, 3.8) is 0 Å². The number of rotatable bonds is 0. The Balaban J connectivity index is 2.54. The molecular formula is C7H7NSi. The van der Waals surface area contributed by atoms with Crippen molar-refractivity contribution in [2.24, 2.45) is 0 Å². The minimum absolute atomic E-state index is 0.830. The van der Waals surface area contributed by atoms with Gasteiger partial charge in [-0.2, -0.15) is 0 Å². The number of fused-ring (bicyclic) bond motifs is 1. The summed E-state index contributed by atoms with van der Waals surface area (Å²) in [5, 5.41) is 1.48. The van der Waals surface area contributed by atoms with E-state index >= 15 is 0 Å². The molecule has 0 atom stereocenters. The molecule has 0 bridgehead atoms. The zero-order valence-electron chi connectivity index (χ0n) is 5.02. The van der Waals surface area contributed by atoms with Crippen LogP contribution < -0.4 is 10.2 Å². The average Bonchev–Trinajstić information content (AvgIpc) is 2.33. The fourth-order valence-corrected chi connectivity index (χ4v) is 2.01. The topological polar surface area (TPSA) is 12.0 Å². The molecule has 44 valence electrons. The van der Waals surface area contributed by atoms with Crippen LogP contribution in [0.1, 0.15) is 5.56 Å². The molecule has 0 unspecified atom stereocenters. The molecule has 1 aliphatic heterocycles. The molecule has 1 N–H and O–H groups in total. The summed E-state index contributed by atoms with van der Waals surface area (Å²) in [5.41, 5.74) is 1.47. The van der Waals surface area contributed by atoms with Gasteiger partial charge >= 0.3 is 0 Å². The van der Waals surface area contributed by atoms with E-state index in [0.29, 0.717) is 0 Å². The van der Waals surface area contributed by atoms with Crippen LogP contribution in [-0.2, 0) is 6.54 Å². The first-order valence-electron chi connectivity index (χ1n) is 3.03. The van der Waals surface area contributed by atoms with Crippen LogP contribution in [0.5, 0.6) is 0 Å². The summed E-state index contributed by atoms with van der Waals surface area (Å²) >= 11 is 0. The van der Waals surface area contributed by atoms with E-state index < -0.39 is 0 Å². The van der Waals surface area contributed by atoms with E-state index in [1.165, 1.54) is 10.8 Å². The van der Waals surface area contributed by atoms with Gasteiger partial charge < -0.3 is 4.98 Å². The van der Waals surface area contributed by atoms with Crippen molar-refractivity contribution in [2.45, 2.75) is 6.54 Å². The highest BCUT2D eigenvalue weighted by Crippen LogP contribution is 1.98. The van der Waals surface area contributed by atoms with Crippen LogP contribution >= 0.6 is 0 Å². The second kappa shape index (κ2) is 1.97. The summed E-state index contributed by atoms with van der Waals surface area (Å²) in [6.45, 7) is 1.06. The van der Waals surface area contributed by atoms with Crippen molar-refractivity contribution in [3.05, 3.63) is 29.8 Å². The third kappa shape index (κ3) is 0.801. The lowest BCUT2D eigenvalue weighted by atomic mass is 10.2. The molecule has 1 aromatic carbocycles. The van der Waals surface area contributed by atoms with Crippen LogP contribution in [0.4, 0.5) is 0 Å². The maximum absolute atomic E-state index is 3.32. The molecule has 0 amide bonds. The Labute approximate surface area is 57.0 Å². The van der Waals surface area contributed by atoms with Gasteiger partial charge in [0.25, 0.3) is 0 Å². The first-order chi connectivity index (χ1) is 4.47. The Morgan fingerprint density at radius 2 is 2.22 bits per heavy atom. The predicted molar refractivity (Wildman–Crippen MR) is 38.7 cm³/mol. The smallest absolute Gasteiger partial charge is 0.180 e. The van der Waals surface area contributed by atoms with Gasteiger partial charge in [0.05, 0.1) is 0 Å². The van der Waals surface area contributed by atoms with E-state index in [-0.39, 0.29) is 0 Å². The summed E-state index contributed by atoms with van der Waals surface area (Å²) in [7, 11) is 0.830. The fourth-order valence-electron chi connectivity index (χ4n) is 1.03. The van der Waals surface area contributed by atoms with Gasteiger partial charge in [0, 0.05) is 6.54 Å². The van der Waals surface area contributed by atoms with Gasteiger partial charge in [-0.15, -0.1) is 0 Å². The monoisotopic (exact) mass is 133 g/mol. The molecule has 0 saturated carbocycles. The molecule has 1 aliphatic rings. The molecule has 1 heterocycles. The number of benzene rings is 1. The molecule has 1 nitrogen and oxygen atoms in total. The first kappa shape index (κ1) is 5.20. The van der Waals surface area contributed by atoms with Crippen molar-refractivity contribution >= 4 is 14.9 Å². The molecule has 1 aromatic rings. The Morgan fingerprint density at radius 3 is 3.11 bits per heavy atom. The van der Waals surface area contributed by atoms with Gasteiger partial charge in [-0.3, -0.25) is 0 Å². The lowest BCUT2D eigenvalue weighted by Crippen LogP contribution is -2.18. The molecule has 2 radical (unpaired) electrons. The molecule has 0 saturated heterocycles. The highest BCUT2D eigenvalue weighted by atomic mass is 28.2. The maximum Gasteiger partial charge on any atom is 0.180 e. The standard InChI is InChI=1S/C7H7NSi/c1-2-4-7-6(3-1)5-8-9-7/h1-4,8H,5H2. The second-order valence-corrected chi connectivity index (χ2v) is 3.28. The third-order valence-corrected chi connectivity index (χ3v) is 2.63. The SMILES string of the molecule is c1ccc2c(c1)CN[Si]2.